The van der Waals surface area contributed by atoms with Gasteiger partial charge >= 0.3 is 5.24 Å². The van der Waals surface area contributed by atoms with E-state index in [0.717, 1.165) is 0 Å². The zero-order chi connectivity index (χ0) is 24.6. The summed E-state index contributed by atoms with van der Waals surface area (Å²) in [5.74, 6) is -1.64. The number of carbonyl (C=O) groups excluding carboxylic acids is 2. The van der Waals surface area contributed by atoms with Gasteiger partial charge < -0.3 is 5.73 Å². The standard InChI is InChI=1S/C22H20FNO7S2/c1-13-19(10-14-2-5-17(6-3-14)33(30,31)22(24)26)18-7-4-15(23)11-21(18)20(13)12-16(25)8-9-32(27,28)29/h2-7,10-11H,8-9,12H2,1H3,(H2,24,26)(H,27,28,29)/b19-10+. The summed E-state index contributed by atoms with van der Waals surface area (Å²) in [6.45, 7) is 1.74. The van der Waals surface area contributed by atoms with Gasteiger partial charge in [-0.3, -0.25) is 14.1 Å². The maximum Gasteiger partial charge on any atom is 0.338 e. The molecular formula is C22H20FNO7S2. The maximum absolute atomic E-state index is 13.9. The lowest BCUT2D eigenvalue weighted by Crippen LogP contribution is -2.21. The lowest BCUT2D eigenvalue weighted by atomic mass is 9.99. The van der Waals surface area contributed by atoms with Crippen molar-refractivity contribution in [1.82, 2.24) is 0 Å². The third-order valence-corrected chi connectivity index (χ3v) is 7.38. The van der Waals surface area contributed by atoms with Crippen LogP contribution in [-0.4, -0.2) is 38.2 Å². The molecule has 174 valence electrons. The molecule has 1 aliphatic carbocycles. The molecule has 2 aromatic carbocycles. The number of Topliss-reactive ketones (excluding diaryl/α,β-unsaturated/α-hetero) is 1. The van der Waals surface area contributed by atoms with Crippen LogP contribution >= 0.6 is 0 Å². The molecule has 0 bridgehead atoms. The fourth-order valence-electron chi connectivity index (χ4n) is 3.54. The van der Waals surface area contributed by atoms with Gasteiger partial charge in [-0.15, -0.1) is 0 Å². The number of fused-ring (bicyclic) bond motifs is 1. The maximum atomic E-state index is 13.9. The predicted octanol–water partition coefficient (Wildman–Crippen LogP) is 3.24. The molecule has 0 fully saturated rings. The van der Waals surface area contributed by atoms with Gasteiger partial charge in [0.2, 0.25) is 0 Å². The molecule has 1 amide bonds. The first-order valence-corrected chi connectivity index (χ1v) is 12.7. The normalized spacial score (nSPS) is 15.1. The first kappa shape index (κ1) is 24.5. The average Bonchev–Trinajstić information content (AvgIpc) is 2.97. The van der Waals surface area contributed by atoms with E-state index in [4.69, 9.17) is 10.3 Å². The quantitative estimate of drug-likeness (QED) is 0.562. The Kier molecular flexibility index (Phi) is 6.68. The Bertz CT molecular complexity index is 1420. The number of hydrogen-bond donors (Lipinski definition) is 2. The first-order chi connectivity index (χ1) is 15.3. The van der Waals surface area contributed by atoms with Crippen LogP contribution in [0.25, 0.3) is 17.2 Å². The van der Waals surface area contributed by atoms with Crippen LogP contribution in [0.5, 0.6) is 0 Å². The highest BCUT2D eigenvalue weighted by Crippen LogP contribution is 2.44. The predicted molar refractivity (Wildman–Crippen MR) is 121 cm³/mol. The van der Waals surface area contributed by atoms with Gasteiger partial charge in [-0.05, 0) is 70.7 Å². The molecule has 0 atom stereocenters. The zero-order valence-electron chi connectivity index (χ0n) is 17.4. The smallest absolute Gasteiger partial charge is 0.338 e. The average molecular weight is 494 g/mol. The fraction of sp³-hybridized carbons (Fsp3) is 0.182. The molecule has 0 spiro atoms. The SMILES string of the molecule is CC1=C(CC(=O)CCS(=O)(=O)O)c2cc(F)ccc2/C1=C/c1ccc(S(=O)(=O)C(N)=O)cc1. The van der Waals surface area contributed by atoms with Crippen molar-refractivity contribution in [3.8, 4) is 0 Å². The number of amides is 1. The summed E-state index contributed by atoms with van der Waals surface area (Å²) in [6, 6.07) is 9.56. The Morgan fingerprint density at radius 2 is 1.67 bits per heavy atom. The number of halogens is 1. The fourth-order valence-corrected chi connectivity index (χ4v) is 4.75. The Morgan fingerprint density at radius 1 is 1.03 bits per heavy atom. The highest BCUT2D eigenvalue weighted by Gasteiger charge is 2.26. The number of rotatable bonds is 7. The van der Waals surface area contributed by atoms with Crippen LogP contribution in [0.3, 0.4) is 0 Å². The number of nitrogens with two attached hydrogens (primary N) is 1. The Hall–Kier alpha value is -3.15. The number of carbonyl (C=O) groups is 2. The molecule has 1 aliphatic rings. The topological polar surface area (TPSA) is 149 Å². The van der Waals surface area contributed by atoms with E-state index in [1.54, 1.807) is 19.1 Å². The van der Waals surface area contributed by atoms with Gasteiger partial charge in [-0.25, -0.2) is 12.8 Å². The number of sulfone groups is 1. The van der Waals surface area contributed by atoms with Crippen LogP contribution in [0.15, 0.2) is 52.9 Å². The summed E-state index contributed by atoms with van der Waals surface area (Å²) < 4.78 is 68.4. The van der Waals surface area contributed by atoms with Gasteiger partial charge in [0.1, 0.15) is 11.6 Å². The van der Waals surface area contributed by atoms with Gasteiger partial charge in [0.25, 0.3) is 20.0 Å². The second-order valence-electron chi connectivity index (χ2n) is 7.49. The first-order valence-electron chi connectivity index (χ1n) is 9.63. The van der Waals surface area contributed by atoms with Crippen LogP contribution in [-0.2, 0) is 24.7 Å². The van der Waals surface area contributed by atoms with E-state index in [2.05, 4.69) is 0 Å². The van der Waals surface area contributed by atoms with Crippen molar-refractivity contribution in [3.63, 3.8) is 0 Å². The second-order valence-corrected chi connectivity index (χ2v) is 10.9. The molecule has 3 N–H and O–H groups in total. The molecule has 0 heterocycles. The molecule has 2 aromatic rings. The van der Waals surface area contributed by atoms with Gasteiger partial charge in [-0.2, -0.15) is 8.42 Å². The summed E-state index contributed by atoms with van der Waals surface area (Å²) in [5, 5.41) is -1.46. The van der Waals surface area contributed by atoms with E-state index in [-0.39, 0.29) is 17.7 Å². The summed E-state index contributed by atoms with van der Waals surface area (Å²) in [7, 11) is -8.54. The third kappa shape index (κ3) is 5.44. The molecule has 0 unspecified atom stereocenters. The van der Waals surface area contributed by atoms with Crippen molar-refractivity contribution >= 4 is 48.2 Å². The highest BCUT2D eigenvalue weighted by molar-refractivity contribution is 8.06. The van der Waals surface area contributed by atoms with Crippen LogP contribution in [0.4, 0.5) is 9.18 Å². The number of benzene rings is 2. The summed E-state index contributed by atoms with van der Waals surface area (Å²) in [5.41, 5.74) is 8.51. The van der Waals surface area contributed by atoms with E-state index in [1.165, 1.54) is 36.4 Å². The van der Waals surface area contributed by atoms with Gasteiger partial charge in [0.15, 0.2) is 0 Å². The Labute approximate surface area is 190 Å². The number of primary amides is 1. The van der Waals surface area contributed by atoms with Gasteiger partial charge in [-0.1, -0.05) is 18.2 Å². The molecule has 8 nitrogen and oxygen atoms in total. The van der Waals surface area contributed by atoms with E-state index in [0.29, 0.717) is 33.4 Å². The third-order valence-electron chi connectivity index (χ3n) is 5.23. The molecule has 0 aromatic heterocycles. The monoisotopic (exact) mass is 493 g/mol. The van der Waals surface area contributed by atoms with E-state index in [1.807, 2.05) is 0 Å². The van der Waals surface area contributed by atoms with Crippen molar-refractivity contribution in [2.24, 2.45) is 5.73 Å². The summed E-state index contributed by atoms with van der Waals surface area (Å²) in [6.07, 6.45) is 1.20. The molecule has 3 rings (SSSR count). The molecule has 0 aliphatic heterocycles. The molecule has 33 heavy (non-hydrogen) atoms. The molecule has 0 radical (unpaired) electrons. The second kappa shape index (κ2) is 9.00. The summed E-state index contributed by atoms with van der Waals surface area (Å²) >= 11 is 0. The van der Waals surface area contributed by atoms with Crippen molar-refractivity contribution in [2.45, 2.75) is 24.7 Å². The van der Waals surface area contributed by atoms with E-state index in [9.17, 15) is 30.8 Å². The van der Waals surface area contributed by atoms with Crippen molar-refractivity contribution in [2.75, 3.05) is 5.75 Å². The summed E-state index contributed by atoms with van der Waals surface area (Å²) in [4.78, 5) is 23.2. The van der Waals surface area contributed by atoms with E-state index >= 15 is 0 Å². The minimum atomic E-state index is -4.28. The molecule has 11 heteroatoms. The van der Waals surface area contributed by atoms with Crippen molar-refractivity contribution in [1.29, 1.82) is 0 Å². The Balaban J connectivity index is 1.99. The van der Waals surface area contributed by atoms with E-state index < -0.39 is 42.5 Å². The van der Waals surface area contributed by atoms with Crippen LogP contribution in [0.1, 0.15) is 36.5 Å². The minimum absolute atomic E-state index is 0.148. The number of hydrogen-bond acceptors (Lipinski definition) is 6. The highest BCUT2D eigenvalue weighted by atomic mass is 32.2. The van der Waals surface area contributed by atoms with Crippen LogP contribution in [0.2, 0.25) is 0 Å². The van der Waals surface area contributed by atoms with Crippen molar-refractivity contribution in [3.05, 3.63) is 70.5 Å². The van der Waals surface area contributed by atoms with Crippen molar-refractivity contribution < 1.29 is 35.4 Å². The van der Waals surface area contributed by atoms with Crippen LogP contribution < -0.4 is 5.73 Å². The number of ketones is 1. The van der Waals surface area contributed by atoms with Gasteiger partial charge in [0.05, 0.1) is 10.6 Å². The van der Waals surface area contributed by atoms with Gasteiger partial charge in [0, 0.05) is 12.8 Å². The molecular weight excluding hydrogens is 473 g/mol. The number of allylic oxidation sites excluding steroid dienone is 3. The molecule has 0 saturated carbocycles. The lowest BCUT2D eigenvalue weighted by molar-refractivity contribution is -0.117. The minimum Gasteiger partial charge on any atom is -0.356 e. The lowest BCUT2D eigenvalue weighted by Gasteiger charge is -2.06. The zero-order valence-corrected chi connectivity index (χ0v) is 19.0. The molecule has 0 saturated heterocycles. The Morgan fingerprint density at radius 3 is 2.24 bits per heavy atom. The van der Waals surface area contributed by atoms with Crippen LogP contribution in [0, 0.1) is 5.82 Å². The largest absolute Gasteiger partial charge is 0.356 e.